The Kier molecular flexibility index (Phi) is 5.68. The molecule has 0 aliphatic carbocycles. The molecule has 2 atom stereocenters. The quantitative estimate of drug-likeness (QED) is 0.846. The molecule has 20 heavy (non-hydrogen) atoms. The van der Waals surface area contributed by atoms with Crippen LogP contribution in [0, 0.1) is 18.8 Å². The van der Waals surface area contributed by atoms with Gasteiger partial charge in [0, 0.05) is 6.42 Å². The number of thiazole rings is 1. The Morgan fingerprint density at radius 1 is 1.30 bits per heavy atom. The van der Waals surface area contributed by atoms with Gasteiger partial charge in [-0.05, 0) is 25.7 Å². The summed E-state index contributed by atoms with van der Waals surface area (Å²) in [4.78, 5) is 27.4. The standard InChI is InChI=1S/C14H22N2O3S/c1-7(2)8(3)6-11(17)15-10(5)13-16-9(4)12(20-13)14(18)19/h7-8,10H,6H2,1-5H3,(H,15,17)(H,18,19). The Bertz CT molecular complexity index is 497. The molecule has 1 aromatic rings. The lowest BCUT2D eigenvalue weighted by atomic mass is 9.94. The van der Waals surface area contributed by atoms with Crippen molar-refractivity contribution in [1.82, 2.24) is 10.3 Å². The van der Waals surface area contributed by atoms with Crippen LogP contribution in [0.4, 0.5) is 0 Å². The van der Waals surface area contributed by atoms with Gasteiger partial charge in [-0.15, -0.1) is 11.3 Å². The van der Waals surface area contributed by atoms with Crippen molar-refractivity contribution in [3.63, 3.8) is 0 Å². The van der Waals surface area contributed by atoms with Crippen LogP contribution in [0.5, 0.6) is 0 Å². The minimum atomic E-state index is -0.974. The van der Waals surface area contributed by atoms with Gasteiger partial charge in [0.25, 0.3) is 0 Å². The van der Waals surface area contributed by atoms with Crippen LogP contribution in [0.3, 0.4) is 0 Å². The predicted octanol–water partition coefficient (Wildman–Crippen LogP) is 3.01. The summed E-state index contributed by atoms with van der Waals surface area (Å²) in [7, 11) is 0. The molecular weight excluding hydrogens is 276 g/mol. The van der Waals surface area contributed by atoms with E-state index < -0.39 is 5.97 Å². The van der Waals surface area contributed by atoms with Crippen molar-refractivity contribution in [3.8, 4) is 0 Å². The third-order valence-electron chi connectivity index (χ3n) is 3.40. The summed E-state index contributed by atoms with van der Waals surface area (Å²) in [5, 5.41) is 12.5. The summed E-state index contributed by atoms with van der Waals surface area (Å²) in [6.07, 6.45) is 0.470. The normalized spacial score (nSPS) is 14.1. The molecule has 0 aromatic carbocycles. The summed E-state index contributed by atoms with van der Waals surface area (Å²) < 4.78 is 0. The summed E-state index contributed by atoms with van der Waals surface area (Å²) in [5.41, 5.74) is 0.495. The van der Waals surface area contributed by atoms with Crippen LogP contribution in [-0.2, 0) is 4.79 Å². The fraction of sp³-hybridized carbons (Fsp3) is 0.643. The lowest BCUT2D eigenvalue weighted by Crippen LogP contribution is -2.28. The minimum Gasteiger partial charge on any atom is -0.477 e. The molecule has 0 fully saturated rings. The van der Waals surface area contributed by atoms with E-state index in [0.29, 0.717) is 29.0 Å². The smallest absolute Gasteiger partial charge is 0.347 e. The number of nitrogens with zero attached hydrogens (tertiary/aromatic N) is 1. The van der Waals surface area contributed by atoms with Crippen molar-refractivity contribution in [2.24, 2.45) is 11.8 Å². The second-order valence-corrected chi connectivity index (χ2v) is 6.52. The van der Waals surface area contributed by atoms with Gasteiger partial charge < -0.3 is 10.4 Å². The minimum absolute atomic E-state index is 0.0246. The van der Waals surface area contributed by atoms with Crippen molar-refractivity contribution in [2.45, 2.75) is 47.1 Å². The van der Waals surface area contributed by atoms with Gasteiger partial charge in [-0.2, -0.15) is 0 Å². The number of carboxylic acids is 1. The molecular formula is C14H22N2O3S. The molecule has 0 radical (unpaired) electrons. The van der Waals surface area contributed by atoms with Gasteiger partial charge in [-0.25, -0.2) is 9.78 Å². The molecule has 2 unspecified atom stereocenters. The summed E-state index contributed by atoms with van der Waals surface area (Å²) in [6, 6.07) is -0.265. The maximum absolute atomic E-state index is 11.9. The number of rotatable bonds is 6. The van der Waals surface area contributed by atoms with Crippen molar-refractivity contribution in [2.75, 3.05) is 0 Å². The summed E-state index contributed by atoms with van der Waals surface area (Å²) in [5.74, 6) is -0.228. The topological polar surface area (TPSA) is 79.3 Å². The van der Waals surface area contributed by atoms with Crippen LogP contribution < -0.4 is 5.32 Å². The fourth-order valence-corrected chi connectivity index (χ4v) is 2.60. The number of aryl methyl sites for hydroxylation is 1. The van der Waals surface area contributed by atoms with E-state index in [9.17, 15) is 9.59 Å². The molecule has 0 bridgehead atoms. The molecule has 0 aliphatic heterocycles. The molecule has 1 rings (SSSR count). The van der Waals surface area contributed by atoms with Crippen LogP contribution in [0.15, 0.2) is 0 Å². The van der Waals surface area contributed by atoms with Gasteiger partial charge in [0.15, 0.2) is 0 Å². The molecule has 1 aromatic heterocycles. The summed E-state index contributed by atoms with van der Waals surface area (Å²) in [6.45, 7) is 9.71. The van der Waals surface area contributed by atoms with Crippen molar-refractivity contribution >= 4 is 23.2 Å². The molecule has 0 aliphatic rings. The lowest BCUT2D eigenvalue weighted by Gasteiger charge is -2.17. The third kappa shape index (κ3) is 4.30. The highest BCUT2D eigenvalue weighted by Crippen LogP contribution is 2.24. The Labute approximate surface area is 123 Å². The number of carbonyl (C=O) groups is 2. The first-order valence-electron chi connectivity index (χ1n) is 6.72. The van der Waals surface area contributed by atoms with E-state index in [0.717, 1.165) is 11.3 Å². The zero-order chi connectivity index (χ0) is 15.4. The number of carbonyl (C=O) groups excluding carboxylic acids is 1. The molecule has 2 N–H and O–H groups in total. The van der Waals surface area contributed by atoms with Gasteiger partial charge in [0.2, 0.25) is 5.91 Å². The molecule has 112 valence electrons. The largest absolute Gasteiger partial charge is 0.477 e. The van der Waals surface area contributed by atoms with Gasteiger partial charge in [0.05, 0.1) is 11.7 Å². The van der Waals surface area contributed by atoms with Crippen LogP contribution in [-0.4, -0.2) is 22.0 Å². The van der Waals surface area contributed by atoms with E-state index in [4.69, 9.17) is 5.11 Å². The van der Waals surface area contributed by atoms with Crippen LogP contribution in [0.1, 0.15) is 60.5 Å². The average Bonchev–Trinajstić information content (AvgIpc) is 2.71. The second kappa shape index (κ2) is 6.83. The second-order valence-electron chi connectivity index (χ2n) is 5.49. The maximum Gasteiger partial charge on any atom is 0.347 e. The van der Waals surface area contributed by atoms with Crippen molar-refractivity contribution in [1.29, 1.82) is 0 Å². The molecule has 0 saturated heterocycles. The monoisotopic (exact) mass is 298 g/mol. The van der Waals surface area contributed by atoms with Gasteiger partial charge in [-0.3, -0.25) is 4.79 Å². The molecule has 5 nitrogen and oxygen atoms in total. The average molecular weight is 298 g/mol. The van der Waals surface area contributed by atoms with E-state index in [-0.39, 0.29) is 16.8 Å². The van der Waals surface area contributed by atoms with Crippen LogP contribution in [0.25, 0.3) is 0 Å². The van der Waals surface area contributed by atoms with E-state index >= 15 is 0 Å². The predicted molar refractivity (Wildman–Crippen MR) is 79.0 cm³/mol. The maximum atomic E-state index is 11.9. The van der Waals surface area contributed by atoms with Gasteiger partial charge >= 0.3 is 5.97 Å². The molecule has 0 spiro atoms. The Morgan fingerprint density at radius 3 is 2.35 bits per heavy atom. The molecule has 6 heteroatoms. The first-order chi connectivity index (χ1) is 9.22. The van der Waals surface area contributed by atoms with Crippen LogP contribution >= 0.6 is 11.3 Å². The van der Waals surface area contributed by atoms with Crippen LogP contribution in [0.2, 0.25) is 0 Å². The van der Waals surface area contributed by atoms with Gasteiger partial charge in [0.1, 0.15) is 9.88 Å². The SMILES string of the molecule is Cc1nc(C(C)NC(=O)CC(C)C(C)C)sc1C(=O)O. The van der Waals surface area contributed by atoms with E-state index in [1.54, 1.807) is 6.92 Å². The molecule has 0 saturated carbocycles. The zero-order valence-corrected chi connectivity index (χ0v) is 13.4. The number of aromatic carboxylic acids is 1. The Hall–Kier alpha value is -1.43. The number of aromatic nitrogens is 1. The fourth-order valence-electron chi connectivity index (χ4n) is 1.69. The third-order valence-corrected chi connectivity index (χ3v) is 4.73. The van der Waals surface area contributed by atoms with Crippen molar-refractivity contribution < 1.29 is 14.7 Å². The number of hydrogen-bond acceptors (Lipinski definition) is 4. The van der Waals surface area contributed by atoms with Gasteiger partial charge in [-0.1, -0.05) is 20.8 Å². The zero-order valence-electron chi connectivity index (χ0n) is 12.6. The van der Waals surface area contributed by atoms with E-state index in [1.807, 2.05) is 13.8 Å². The van der Waals surface area contributed by atoms with E-state index in [1.165, 1.54) is 0 Å². The number of amides is 1. The van der Waals surface area contributed by atoms with Crippen molar-refractivity contribution in [3.05, 3.63) is 15.6 Å². The number of carboxylic acid groups (broad SMARTS) is 1. The number of hydrogen-bond donors (Lipinski definition) is 2. The highest BCUT2D eigenvalue weighted by molar-refractivity contribution is 7.13. The molecule has 1 heterocycles. The highest BCUT2D eigenvalue weighted by atomic mass is 32.1. The molecule has 1 amide bonds. The number of nitrogens with one attached hydrogen (secondary N) is 1. The Morgan fingerprint density at radius 2 is 1.90 bits per heavy atom. The first kappa shape index (κ1) is 16.6. The summed E-state index contributed by atoms with van der Waals surface area (Å²) >= 11 is 1.12. The Balaban J connectivity index is 2.67. The highest BCUT2D eigenvalue weighted by Gasteiger charge is 2.20. The first-order valence-corrected chi connectivity index (χ1v) is 7.54. The van der Waals surface area contributed by atoms with E-state index in [2.05, 4.69) is 24.1 Å². The lowest BCUT2D eigenvalue weighted by molar-refractivity contribution is -0.122.